The van der Waals surface area contributed by atoms with Gasteiger partial charge in [-0.2, -0.15) is 0 Å². The maximum Gasteiger partial charge on any atom is 0.257 e. The number of fused-ring (bicyclic) bond motifs is 1. The average Bonchev–Trinajstić information content (AvgIpc) is 3.35. The number of nitrogens with zero attached hydrogens (tertiary/aromatic N) is 3. The fraction of sp³-hybridized carbons (Fsp3) is 0.407. The lowest BCUT2D eigenvalue weighted by Gasteiger charge is -2.33. The molecule has 2 saturated heterocycles. The van der Waals surface area contributed by atoms with Gasteiger partial charge in [-0.1, -0.05) is 24.3 Å². The van der Waals surface area contributed by atoms with Gasteiger partial charge in [-0.05, 0) is 62.1 Å². The van der Waals surface area contributed by atoms with E-state index in [4.69, 9.17) is 9.72 Å². The summed E-state index contributed by atoms with van der Waals surface area (Å²) in [6.45, 7) is 7.58. The molecule has 5 nitrogen and oxygen atoms in total. The van der Waals surface area contributed by atoms with Gasteiger partial charge in [0.1, 0.15) is 17.7 Å². The monoisotopic (exact) mass is 429 g/mol. The van der Waals surface area contributed by atoms with E-state index in [0.717, 1.165) is 66.8 Å². The predicted molar refractivity (Wildman–Crippen MR) is 129 cm³/mol. The molecule has 0 radical (unpaired) electrons. The molecular weight excluding hydrogens is 398 g/mol. The molecule has 5 rings (SSSR count). The van der Waals surface area contributed by atoms with Gasteiger partial charge in [-0.25, -0.2) is 4.98 Å². The van der Waals surface area contributed by atoms with Crippen LogP contribution in [0.4, 0.5) is 5.82 Å². The highest BCUT2D eigenvalue weighted by Crippen LogP contribution is 2.29. The van der Waals surface area contributed by atoms with Crippen LogP contribution >= 0.6 is 0 Å². The van der Waals surface area contributed by atoms with Gasteiger partial charge in [-0.3, -0.25) is 4.79 Å². The predicted octanol–water partition coefficient (Wildman–Crippen LogP) is 5.14. The van der Waals surface area contributed by atoms with Crippen LogP contribution in [-0.4, -0.2) is 48.1 Å². The molecule has 0 spiro atoms. The minimum atomic E-state index is 0.0924. The number of amides is 1. The Balaban J connectivity index is 1.32. The second-order valence-electron chi connectivity index (χ2n) is 9.10. The fourth-order valence-electron chi connectivity index (χ4n) is 4.76. The fourth-order valence-corrected chi connectivity index (χ4v) is 4.76. The highest BCUT2D eigenvalue weighted by atomic mass is 16.5. The second-order valence-corrected chi connectivity index (χ2v) is 9.10. The van der Waals surface area contributed by atoms with Crippen molar-refractivity contribution in [3.05, 3.63) is 65.2 Å². The summed E-state index contributed by atoms with van der Waals surface area (Å²) in [4.78, 5) is 22.8. The molecule has 3 aromatic rings. The number of aryl methyl sites for hydroxylation is 2. The molecule has 0 unspecified atom stereocenters. The Hall–Kier alpha value is -3.08. The molecular formula is C27H31N3O2. The number of para-hydroxylation sites is 1. The number of rotatable bonds is 4. The summed E-state index contributed by atoms with van der Waals surface area (Å²) >= 11 is 0. The van der Waals surface area contributed by atoms with Gasteiger partial charge >= 0.3 is 0 Å². The van der Waals surface area contributed by atoms with Crippen LogP contribution < -0.4 is 9.64 Å². The SMILES string of the molecule is Cc1ccc(OC2CCN(C(=O)c3cc4ccccc4nc3N3CCCC3)CC2)cc1C. The minimum absolute atomic E-state index is 0.0924. The maximum absolute atomic E-state index is 13.6. The van der Waals surface area contributed by atoms with E-state index in [9.17, 15) is 4.79 Å². The summed E-state index contributed by atoms with van der Waals surface area (Å²) < 4.78 is 6.23. The largest absolute Gasteiger partial charge is 0.490 e. The molecule has 0 saturated carbocycles. The van der Waals surface area contributed by atoms with E-state index in [1.807, 2.05) is 41.3 Å². The molecule has 3 heterocycles. The molecule has 2 fully saturated rings. The Morgan fingerprint density at radius 1 is 0.938 bits per heavy atom. The van der Waals surface area contributed by atoms with Crippen molar-refractivity contribution in [2.75, 3.05) is 31.1 Å². The first-order valence-electron chi connectivity index (χ1n) is 11.8. The minimum Gasteiger partial charge on any atom is -0.490 e. The first-order chi connectivity index (χ1) is 15.6. The zero-order valence-electron chi connectivity index (χ0n) is 19.0. The number of ether oxygens (including phenoxy) is 1. The van der Waals surface area contributed by atoms with Gasteiger partial charge in [-0.15, -0.1) is 0 Å². The van der Waals surface area contributed by atoms with Crippen molar-refractivity contribution in [3.8, 4) is 5.75 Å². The number of hydrogen-bond acceptors (Lipinski definition) is 4. The summed E-state index contributed by atoms with van der Waals surface area (Å²) in [6.07, 6.45) is 4.15. The summed E-state index contributed by atoms with van der Waals surface area (Å²) in [7, 11) is 0. The third-order valence-electron chi connectivity index (χ3n) is 6.85. The van der Waals surface area contributed by atoms with E-state index in [1.54, 1.807) is 0 Å². The summed E-state index contributed by atoms with van der Waals surface area (Å²) in [5, 5.41) is 1.02. The Labute approximate surface area is 190 Å². The molecule has 2 aromatic carbocycles. The number of carbonyl (C=O) groups is 1. The van der Waals surface area contributed by atoms with Crippen LogP contribution in [0.3, 0.4) is 0 Å². The molecule has 0 aliphatic carbocycles. The van der Waals surface area contributed by atoms with Crippen LogP contribution in [0.5, 0.6) is 5.75 Å². The number of pyridine rings is 1. The van der Waals surface area contributed by atoms with Gasteiger partial charge in [0.25, 0.3) is 5.91 Å². The molecule has 2 aliphatic heterocycles. The summed E-state index contributed by atoms with van der Waals surface area (Å²) in [5.74, 6) is 1.86. The van der Waals surface area contributed by atoms with Crippen LogP contribution in [0, 0.1) is 13.8 Å². The molecule has 32 heavy (non-hydrogen) atoms. The maximum atomic E-state index is 13.6. The number of benzene rings is 2. The number of piperidine rings is 1. The molecule has 0 atom stereocenters. The third-order valence-corrected chi connectivity index (χ3v) is 6.85. The van der Waals surface area contributed by atoms with E-state index in [0.29, 0.717) is 13.1 Å². The van der Waals surface area contributed by atoms with Crippen molar-refractivity contribution < 1.29 is 9.53 Å². The van der Waals surface area contributed by atoms with Crippen LogP contribution in [-0.2, 0) is 0 Å². The zero-order chi connectivity index (χ0) is 22.1. The van der Waals surface area contributed by atoms with E-state index in [-0.39, 0.29) is 12.0 Å². The third kappa shape index (κ3) is 4.16. The number of likely N-dealkylation sites (tertiary alicyclic amines) is 1. The van der Waals surface area contributed by atoms with E-state index in [1.165, 1.54) is 11.1 Å². The van der Waals surface area contributed by atoms with Gasteiger partial charge in [0.15, 0.2) is 0 Å². The molecule has 0 N–H and O–H groups in total. The summed E-state index contributed by atoms with van der Waals surface area (Å²) in [5.41, 5.74) is 4.20. The van der Waals surface area contributed by atoms with E-state index >= 15 is 0 Å². The molecule has 1 amide bonds. The van der Waals surface area contributed by atoms with E-state index in [2.05, 4.69) is 30.9 Å². The Kier molecular flexibility index (Phi) is 5.73. The molecule has 2 aliphatic rings. The van der Waals surface area contributed by atoms with Crippen molar-refractivity contribution in [2.24, 2.45) is 0 Å². The first-order valence-corrected chi connectivity index (χ1v) is 11.8. The quantitative estimate of drug-likeness (QED) is 0.576. The number of anilines is 1. The van der Waals surface area contributed by atoms with Crippen molar-refractivity contribution in [1.82, 2.24) is 9.88 Å². The van der Waals surface area contributed by atoms with Crippen LogP contribution in [0.2, 0.25) is 0 Å². The highest BCUT2D eigenvalue weighted by Gasteiger charge is 2.29. The van der Waals surface area contributed by atoms with Crippen molar-refractivity contribution in [2.45, 2.75) is 45.6 Å². The topological polar surface area (TPSA) is 45.7 Å². The van der Waals surface area contributed by atoms with Gasteiger partial charge < -0.3 is 14.5 Å². The Morgan fingerprint density at radius 3 is 2.44 bits per heavy atom. The van der Waals surface area contributed by atoms with Crippen molar-refractivity contribution in [3.63, 3.8) is 0 Å². The number of aromatic nitrogens is 1. The van der Waals surface area contributed by atoms with E-state index < -0.39 is 0 Å². The number of hydrogen-bond donors (Lipinski definition) is 0. The van der Waals surface area contributed by atoms with Gasteiger partial charge in [0.2, 0.25) is 0 Å². The lowest BCUT2D eigenvalue weighted by Crippen LogP contribution is -2.42. The van der Waals surface area contributed by atoms with Crippen LogP contribution in [0.1, 0.15) is 47.2 Å². The second kappa shape index (κ2) is 8.81. The van der Waals surface area contributed by atoms with Crippen molar-refractivity contribution >= 4 is 22.6 Å². The Morgan fingerprint density at radius 2 is 1.69 bits per heavy atom. The first kappa shape index (κ1) is 20.8. The molecule has 0 bridgehead atoms. The van der Waals surface area contributed by atoms with Crippen LogP contribution in [0.15, 0.2) is 48.5 Å². The number of carbonyl (C=O) groups excluding carboxylic acids is 1. The van der Waals surface area contributed by atoms with Crippen molar-refractivity contribution in [1.29, 1.82) is 0 Å². The average molecular weight is 430 g/mol. The van der Waals surface area contributed by atoms with Gasteiger partial charge in [0, 0.05) is 44.4 Å². The molecule has 1 aromatic heterocycles. The zero-order valence-corrected chi connectivity index (χ0v) is 19.0. The molecule has 5 heteroatoms. The normalized spacial score (nSPS) is 17.2. The Bertz CT molecular complexity index is 1130. The smallest absolute Gasteiger partial charge is 0.257 e. The lowest BCUT2D eigenvalue weighted by atomic mass is 10.0. The van der Waals surface area contributed by atoms with Crippen LogP contribution in [0.25, 0.3) is 10.9 Å². The molecule has 166 valence electrons. The van der Waals surface area contributed by atoms with Gasteiger partial charge in [0.05, 0.1) is 11.1 Å². The lowest BCUT2D eigenvalue weighted by molar-refractivity contribution is 0.0596. The standard InChI is InChI=1S/C27H31N3O2/c1-19-9-10-23(17-20(19)2)32-22-11-15-30(16-12-22)27(31)24-18-21-7-3-4-8-25(21)28-26(24)29-13-5-6-14-29/h3-4,7-10,17-18,22H,5-6,11-16H2,1-2H3. The summed E-state index contributed by atoms with van der Waals surface area (Å²) in [6, 6.07) is 16.4. The highest BCUT2D eigenvalue weighted by molar-refractivity contribution is 6.02.